The molecule has 0 radical (unpaired) electrons. The molecular weight excluding hydrogens is 354 g/mol. The number of hydrogen-bond donors (Lipinski definition) is 1. The molecule has 1 heterocycles. The van der Waals surface area contributed by atoms with E-state index < -0.39 is 0 Å². The van der Waals surface area contributed by atoms with Gasteiger partial charge in [-0.25, -0.2) is 0 Å². The monoisotopic (exact) mass is 375 g/mol. The molecule has 0 unspecified atom stereocenters. The number of pyridine rings is 1. The Morgan fingerprint density at radius 3 is 2.61 bits per heavy atom. The minimum absolute atomic E-state index is 0.120. The van der Waals surface area contributed by atoms with Crippen LogP contribution in [0.4, 0.5) is 0 Å². The fraction of sp³-hybridized carbons (Fsp3) is 0.333. The molecule has 0 spiro atoms. The molecule has 122 valence electrons. The van der Waals surface area contributed by atoms with Gasteiger partial charge in [0.1, 0.15) is 0 Å². The zero-order chi connectivity index (χ0) is 16.8. The summed E-state index contributed by atoms with van der Waals surface area (Å²) in [7, 11) is 2.10. The van der Waals surface area contributed by atoms with Gasteiger partial charge in [-0.15, -0.1) is 0 Å². The normalized spacial score (nSPS) is 11.0. The molecule has 0 bridgehead atoms. The van der Waals surface area contributed by atoms with Crippen LogP contribution in [-0.4, -0.2) is 28.9 Å². The summed E-state index contributed by atoms with van der Waals surface area (Å²) >= 11 is 3.33. The molecule has 0 fully saturated rings. The lowest BCUT2D eigenvalue weighted by molar-refractivity contribution is 0.0950. The van der Waals surface area contributed by atoms with Crippen LogP contribution in [0.25, 0.3) is 0 Å². The number of amides is 1. The summed E-state index contributed by atoms with van der Waals surface area (Å²) < 4.78 is 0.795. The molecule has 0 aliphatic heterocycles. The standard InChI is InChI=1S/C18H22BrN3O/c1-13(2)22(3)12-15-7-5-4-6-14(15)10-21-18(23)16-8-17(19)11-20-9-16/h4-9,11,13H,10,12H2,1-3H3,(H,21,23). The van der Waals surface area contributed by atoms with Gasteiger partial charge in [-0.3, -0.25) is 14.7 Å². The molecule has 2 rings (SSSR count). The zero-order valence-electron chi connectivity index (χ0n) is 13.7. The van der Waals surface area contributed by atoms with Gasteiger partial charge < -0.3 is 5.32 Å². The predicted octanol–water partition coefficient (Wildman–Crippen LogP) is 3.61. The molecule has 1 aromatic carbocycles. The molecule has 0 saturated heterocycles. The molecule has 1 amide bonds. The Hall–Kier alpha value is -1.72. The van der Waals surface area contributed by atoms with Gasteiger partial charge in [-0.05, 0) is 54.0 Å². The van der Waals surface area contributed by atoms with Gasteiger partial charge in [-0.2, -0.15) is 0 Å². The Labute approximate surface area is 146 Å². The summed E-state index contributed by atoms with van der Waals surface area (Å²) in [6.45, 7) is 5.71. The number of nitrogens with one attached hydrogen (secondary N) is 1. The van der Waals surface area contributed by atoms with Gasteiger partial charge in [0, 0.05) is 36.0 Å². The minimum atomic E-state index is -0.120. The van der Waals surface area contributed by atoms with Gasteiger partial charge in [0.05, 0.1) is 5.56 Å². The number of halogens is 1. The minimum Gasteiger partial charge on any atom is -0.348 e. The summed E-state index contributed by atoms with van der Waals surface area (Å²) in [5.41, 5.74) is 2.92. The Morgan fingerprint density at radius 1 is 1.26 bits per heavy atom. The molecule has 2 aromatic rings. The third kappa shape index (κ3) is 5.15. The molecular formula is C18H22BrN3O. The van der Waals surface area contributed by atoms with Crippen LogP contribution in [0.5, 0.6) is 0 Å². The lowest BCUT2D eigenvalue weighted by Crippen LogP contribution is -2.27. The van der Waals surface area contributed by atoms with Crippen molar-refractivity contribution in [2.45, 2.75) is 33.0 Å². The number of benzene rings is 1. The van der Waals surface area contributed by atoms with Crippen molar-refractivity contribution in [2.24, 2.45) is 0 Å². The van der Waals surface area contributed by atoms with Crippen LogP contribution in [0.15, 0.2) is 47.2 Å². The first-order chi connectivity index (χ1) is 11.0. The SMILES string of the molecule is CC(C)N(C)Cc1ccccc1CNC(=O)c1cncc(Br)c1. The highest BCUT2D eigenvalue weighted by Crippen LogP contribution is 2.13. The van der Waals surface area contributed by atoms with Crippen LogP contribution in [0.1, 0.15) is 35.3 Å². The topological polar surface area (TPSA) is 45.2 Å². The van der Waals surface area contributed by atoms with Crippen LogP contribution in [-0.2, 0) is 13.1 Å². The number of nitrogens with zero attached hydrogens (tertiary/aromatic N) is 2. The quantitative estimate of drug-likeness (QED) is 0.838. The Balaban J connectivity index is 2.04. The van der Waals surface area contributed by atoms with Crippen molar-refractivity contribution >= 4 is 21.8 Å². The summed E-state index contributed by atoms with van der Waals surface area (Å²) in [6, 6.07) is 10.4. The second kappa shape index (κ2) is 8.22. The van der Waals surface area contributed by atoms with Gasteiger partial charge in [-0.1, -0.05) is 24.3 Å². The van der Waals surface area contributed by atoms with Crippen molar-refractivity contribution < 1.29 is 4.79 Å². The maximum absolute atomic E-state index is 12.2. The van der Waals surface area contributed by atoms with Gasteiger partial charge >= 0.3 is 0 Å². The fourth-order valence-electron chi connectivity index (χ4n) is 2.15. The lowest BCUT2D eigenvalue weighted by atomic mass is 10.1. The molecule has 5 heteroatoms. The Kier molecular flexibility index (Phi) is 6.30. The molecule has 0 atom stereocenters. The van der Waals surface area contributed by atoms with E-state index in [2.05, 4.69) is 64.2 Å². The van der Waals surface area contributed by atoms with E-state index in [1.165, 1.54) is 5.56 Å². The van der Waals surface area contributed by atoms with Crippen molar-refractivity contribution in [3.63, 3.8) is 0 Å². The number of hydrogen-bond acceptors (Lipinski definition) is 3. The highest BCUT2D eigenvalue weighted by atomic mass is 79.9. The van der Waals surface area contributed by atoms with E-state index in [4.69, 9.17) is 0 Å². The third-order valence-electron chi connectivity index (χ3n) is 3.83. The first-order valence-corrected chi connectivity index (χ1v) is 8.42. The van der Waals surface area contributed by atoms with E-state index in [-0.39, 0.29) is 5.91 Å². The molecule has 4 nitrogen and oxygen atoms in total. The van der Waals surface area contributed by atoms with Crippen molar-refractivity contribution in [1.29, 1.82) is 0 Å². The van der Waals surface area contributed by atoms with E-state index in [1.54, 1.807) is 18.5 Å². The smallest absolute Gasteiger partial charge is 0.253 e. The molecule has 0 aliphatic carbocycles. The number of aromatic nitrogens is 1. The highest BCUT2D eigenvalue weighted by molar-refractivity contribution is 9.10. The van der Waals surface area contributed by atoms with E-state index in [0.29, 0.717) is 18.2 Å². The molecule has 1 N–H and O–H groups in total. The Morgan fingerprint density at radius 2 is 1.96 bits per heavy atom. The van der Waals surface area contributed by atoms with Crippen LogP contribution in [0.2, 0.25) is 0 Å². The van der Waals surface area contributed by atoms with Crippen LogP contribution in [0.3, 0.4) is 0 Å². The molecule has 23 heavy (non-hydrogen) atoms. The Bertz CT molecular complexity index is 673. The summed E-state index contributed by atoms with van der Waals surface area (Å²) in [5, 5.41) is 2.97. The van der Waals surface area contributed by atoms with Crippen molar-refractivity contribution in [2.75, 3.05) is 7.05 Å². The van der Waals surface area contributed by atoms with Gasteiger partial charge in [0.15, 0.2) is 0 Å². The van der Waals surface area contributed by atoms with Crippen LogP contribution in [0, 0.1) is 0 Å². The van der Waals surface area contributed by atoms with Crippen LogP contribution < -0.4 is 5.32 Å². The maximum Gasteiger partial charge on any atom is 0.253 e. The predicted molar refractivity (Wildman–Crippen MR) is 96.2 cm³/mol. The number of carbonyl (C=O) groups is 1. The maximum atomic E-state index is 12.2. The summed E-state index contributed by atoms with van der Waals surface area (Å²) in [5.74, 6) is -0.120. The van der Waals surface area contributed by atoms with Crippen molar-refractivity contribution in [1.82, 2.24) is 15.2 Å². The van der Waals surface area contributed by atoms with Crippen molar-refractivity contribution in [3.05, 3.63) is 63.9 Å². The average molecular weight is 376 g/mol. The third-order valence-corrected chi connectivity index (χ3v) is 4.26. The van der Waals surface area contributed by atoms with E-state index >= 15 is 0 Å². The van der Waals surface area contributed by atoms with Gasteiger partial charge in [0.25, 0.3) is 5.91 Å². The second-order valence-electron chi connectivity index (χ2n) is 5.85. The highest BCUT2D eigenvalue weighted by Gasteiger charge is 2.10. The molecule has 1 aromatic heterocycles. The number of carbonyl (C=O) groups excluding carboxylic acids is 1. The molecule has 0 saturated carbocycles. The van der Waals surface area contributed by atoms with E-state index in [1.807, 2.05) is 12.1 Å². The van der Waals surface area contributed by atoms with E-state index in [9.17, 15) is 4.79 Å². The first-order valence-electron chi connectivity index (χ1n) is 7.63. The van der Waals surface area contributed by atoms with E-state index in [0.717, 1.165) is 16.6 Å². The fourth-order valence-corrected chi connectivity index (χ4v) is 2.51. The lowest BCUT2D eigenvalue weighted by Gasteiger charge is -2.22. The summed E-state index contributed by atoms with van der Waals surface area (Å²) in [6.07, 6.45) is 3.23. The van der Waals surface area contributed by atoms with Gasteiger partial charge in [0.2, 0.25) is 0 Å². The largest absolute Gasteiger partial charge is 0.348 e. The van der Waals surface area contributed by atoms with Crippen LogP contribution >= 0.6 is 15.9 Å². The van der Waals surface area contributed by atoms with Crippen molar-refractivity contribution in [3.8, 4) is 0 Å². The summed E-state index contributed by atoms with van der Waals surface area (Å²) in [4.78, 5) is 18.5. The molecule has 0 aliphatic rings. The second-order valence-corrected chi connectivity index (χ2v) is 6.77. The first kappa shape index (κ1) is 17.6. The zero-order valence-corrected chi connectivity index (χ0v) is 15.3. The number of rotatable bonds is 6. The average Bonchev–Trinajstić information content (AvgIpc) is 2.53.